The summed E-state index contributed by atoms with van der Waals surface area (Å²) in [5.74, 6) is -0.833. The van der Waals surface area contributed by atoms with E-state index in [1.807, 2.05) is 0 Å². The fraction of sp³-hybridized carbons (Fsp3) is 0.0769. The molecular weight excluding hydrogens is 208 g/mol. The average molecular weight is 219 g/mol. The van der Waals surface area contributed by atoms with Crippen LogP contribution in [0.2, 0.25) is 0 Å². The number of aryl methyl sites for hydroxylation is 1. The van der Waals surface area contributed by atoms with Crippen molar-refractivity contribution in [2.45, 2.75) is 6.92 Å². The van der Waals surface area contributed by atoms with Gasteiger partial charge in [-0.2, -0.15) is 0 Å². The van der Waals surface area contributed by atoms with Gasteiger partial charge in [0.2, 0.25) is 0 Å². The summed E-state index contributed by atoms with van der Waals surface area (Å²) in [5.41, 5.74) is 7.44. The van der Waals surface area contributed by atoms with Crippen LogP contribution in [0.15, 0.2) is 36.4 Å². The van der Waals surface area contributed by atoms with Crippen LogP contribution < -0.4 is 5.73 Å². The second-order valence-electron chi connectivity index (χ2n) is 3.76. The van der Waals surface area contributed by atoms with Crippen molar-refractivity contribution >= 4 is 5.69 Å². The number of benzene rings is 2. The summed E-state index contributed by atoms with van der Waals surface area (Å²) in [6, 6.07) is 8.84. The van der Waals surface area contributed by atoms with Crippen molar-refractivity contribution in [1.29, 1.82) is 0 Å². The Balaban J connectivity index is 2.58. The van der Waals surface area contributed by atoms with Gasteiger partial charge in [-0.15, -0.1) is 0 Å². The summed E-state index contributed by atoms with van der Waals surface area (Å²) >= 11 is 0. The zero-order chi connectivity index (χ0) is 11.7. The fourth-order valence-corrected chi connectivity index (χ4v) is 1.62. The van der Waals surface area contributed by atoms with Gasteiger partial charge in [-0.1, -0.05) is 12.1 Å². The van der Waals surface area contributed by atoms with Gasteiger partial charge >= 0.3 is 0 Å². The molecule has 0 radical (unpaired) electrons. The minimum atomic E-state index is -0.463. The fourth-order valence-electron chi connectivity index (χ4n) is 1.62. The van der Waals surface area contributed by atoms with E-state index in [0.717, 1.165) is 5.56 Å². The minimum Gasteiger partial charge on any atom is -0.399 e. The third kappa shape index (κ3) is 2.03. The molecule has 2 aromatic rings. The van der Waals surface area contributed by atoms with Crippen molar-refractivity contribution in [3.05, 3.63) is 53.6 Å². The molecule has 0 unspecified atom stereocenters. The van der Waals surface area contributed by atoms with Crippen LogP contribution in [0.3, 0.4) is 0 Å². The van der Waals surface area contributed by atoms with Crippen molar-refractivity contribution in [3.63, 3.8) is 0 Å². The van der Waals surface area contributed by atoms with Gasteiger partial charge in [-0.05, 0) is 42.3 Å². The Morgan fingerprint density at radius 2 is 1.75 bits per heavy atom. The first-order chi connectivity index (χ1) is 7.56. The van der Waals surface area contributed by atoms with Crippen LogP contribution in [0.1, 0.15) is 5.56 Å². The molecule has 0 fully saturated rings. The minimum absolute atomic E-state index is 0.287. The van der Waals surface area contributed by atoms with Crippen LogP contribution in [0.4, 0.5) is 14.5 Å². The molecule has 2 aromatic carbocycles. The summed E-state index contributed by atoms with van der Waals surface area (Å²) in [7, 11) is 0. The summed E-state index contributed by atoms with van der Waals surface area (Å²) < 4.78 is 26.8. The molecule has 0 aliphatic heterocycles. The number of halogens is 2. The van der Waals surface area contributed by atoms with Crippen LogP contribution in [0.5, 0.6) is 0 Å². The van der Waals surface area contributed by atoms with Gasteiger partial charge in [-0.3, -0.25) is 0 Å². The zero-order valence-electron chi connectivity index (χ0n) is 8.80. The van der Waals surface area contributed by atoms with E-state index in [9.17, 15) is 8.78 Å². The first-order valence-electron chi connectivity index (χ1n) is 4.89. The van der Waals surface area contributed by atoms with E-state index in [1.165, 1.54) is 18.2 Å². The predicted octanol–water partition coefficient (Wildman–Crippen LogP) is 3.52. The molecule has 16 heavy (non-hydrogen) atoms. The van der Waals surface area contributed by atoms with Crippen molar-refractivity contribution in [2.24, 2.45) is 0 Å². The molecule has 82 valence electrons. The normalized spacial score (nSPS) is 10.4. The van der Waals surface area contributed by atoms with Crippen LogP contribution in [0, 0.1) is 18.6 Å². The Kier molecular flexibility index (Phi) is 2.60. The monoisotopic (exact) mass is 219 g/mol. The SMILES string of the molecule is Cc1ccc(-c2cc(N)cc(F)c2)c(F)c1. The summed E-state index contributed by atoms with van der Waals surface area (Å²) in [5, 5.41) is 0. The molecule has 0 bridgehead atoms. The molecule has 0 aliphatic carbocycles. The smallest absolute Gasteiger partial charge is 0.131 e. The second kappa shape index (κ2) is 3.93. The number of hydrogen-bond acceptors (Lipinski definition) is 1. The lowest BCUT2D eigenvalue weighted by Crippen LogP contribution is -1.91. The highest BCUT2D eigenvalue weighted by Crippen LogP contribution is 2.26. The Bertz CT molecular complexity index is 515. The Labute approximate surface area is 92.5 Å². The topological polar surface area (TPSA) is 26.0 Å². The quantitative estimate of drug-likeness (QED) is 0.729. The van der Waals surface area contributed by atoms with E-state index in [4.69, 9.17) is 5.73 Å². The van der Waals surface area contributed by atoms with Crippen LogP contribution in [0.25, 0.3) is 11.1 Å². The molecule has 0 saturated heterocycles. The van der Waals surface area contributed by atoms with Crippen LogP contribution in [-0.4, -0.2) is 0 Å². The molecule has 0 spiro atoms. The van der Waals surface area contributed by atoms with Crippen molar-refractivity contribution in [1.82, 2.24) is 0 Å². The lowest BCUT2D eigenvalue weighted by Gasteiger charge is -2.06. The summed E-state index contributed by atoms with van der Waals surface area (Å²) in [6.45, 7) is 1.80. The number of rotatable bonds is 1. The molecule has 0 heterocycles. The Hall–Kier alpha value is -1.90. The first kappa shape index (κ1) is 10.6. The van der Waals surface area contributed by atoms with E-state index in [0.29, 0.717) is 11.1 Å². The van der Waals surface area contributed by atoms with Gasteiger partial charge < -0.3 is 5.73 Å². The predicted molar refractivity (Wildman–Crippen MR) is 60.9 cm³/mol. The van der Waals surface area contributed by atoms with Gasteiger partial charge in [0.15, 0.2) is 0 Å². The Morgan fingerprint density at radius 3 is 2.38 bits per heavy atom. The number of nitrogen functional groups attached to an aromatic ring is 1. The number of nitrogens with two attached hydrogens (primary N) is 1. The maximum absolute atomic E-state index is 13.6. The third-order valence-corrected chi connectivity index (χ3v) is 2.36. The molecule has 3 heteroatoms. The Morgan fingerprint density at radius 1 is 1.00 bits per heavy atom. The summed E-state index contributed by atoms with van der Waals surface area (Å²) in [6.07, 6.45) is 0. The van der Waals surface area contributed by atoms with Crippen molar-refractivity contribution < 1.29 is 8.78 Å². The largest absolute Gasteiger partial charge is 0.399 e. The second-order valence-corrected chi connectivity index (χ2v) is 3.76. The lowest BCUT2D eigenvalue weighted by atomic mass is 10.0. The molecule has 0 atom stereocenters. The zero-order valence-corrected chi connectivity index (χ0v) is 8.80. The molecule has 1 nitrogen and oxygen atoms in total. The first-order valence-corrected chi connectivity index (χ1v) is 4.89. The van der Waals surface area contributed by atoms with Gasteiger partial charge in [0.1, 0.15) is 11.6 Å². The number of hydrogen-bond donors (Lipinski definition) is 1. The van der Waals surface area contributed by atoms with E-state index in [-0.39, 0.29) is 11.5 Å². The highest BCUT2D eigenvalue weighted by molar-refractivity contribution is 5.68. The maximum atomic E-state index is 13.6. The van der Waals surface area contributed by atoms with E-state index < -0.39 is 5.82 Å². The molecule has 2 N–H and O–H groups in total. The highest BCUT2D eigenvalue weighted by atomic mass is 19.1. The van der Waals surface area contributed by atoms with Gasteiger partial charge in [-0.25, -0.2) is 8.78 Å². The molecule has 0 aromatic heterocycles. The van der Waals surface area contributed by atoms with Gasteiger partial charge in [0.05, 0.1) is 0 Å². The standard InChI is InChI=1S/C13H11F2N/c1-8-2-3-12(13(15)4-8)9-5-10(14)7-11(16)6-9/h2-7H,16H2,1H3. The average Bonchev–Trinajstić information content (AvgIpc) is 2.15. The van der Waals surface area contributed by atoms with E-state index >= 15 is 0 Å². The van der Waals surface area contributed by atoms with E-state index in [1.54, 1.807) is 25.1 Å². The maximum Gasteiger partial charge on any atom is 0.131 e. The van der Waals surface area contributed by atoms with Crippen molar-refractivity contribution in [2.75, 3.05) is 5.73 Å². The molecule has 0 aliphatic rings. The van der Waals surface area contributed by atoms with Gasteiger partial charge in [0.25, 0.3) is 0 Å². The molecule has 0 amide bonds. The molecular formula is C13H11F2N. The molecule has 2 rings (SSSR count). The lowest BCUT2D eigenvalue weighted by molar-refractivity contribution is 0.624. The number of anilines is 1. The summed E-state index contributed by atoms with van der Waals surface area (Å²) in [4.78, 5) is 0. The third-order valence-electron chi connectivity index (χ3n) is 2.36. The van der Waals surface area contributed by atoms with Crippen LogP contribution in [-0.2, 0) is 0 Å². The van der Waals surface area contributed by atoms with E-state index in [2.05, 4.69) is 0 Å². The van der Waals surface area contributed by atoms with Crippen LogP contribution >= 0.6 is 0 Å². The molecule has 0 saturated carbocycles. The van der Waals surface area contributed by atoms with Crippen molar-refractivity contribution in [3.8, 4) is 11.1 Å². The van der Waals surface area contributed by atoms with Gasteiger partial charge in [0, 0.05) is 11.3 Å². The highest BCUT2D eigenvalue weighted by Gasteiger charge is 2.07.